The van der Waals surface area contributed by atoms with Crippen LogP contribution in [0, 0.1) is 0 Å². The average molecular weight is 331 g/mol. The fourth-order valence-corrected chi connectivity index (χ4v) is 2.81. The lowest BCUT2D eigenvalue weighted by molar-refractivity contribution is 0.434. The van der Waals surface area contributed by atoms with E-state index in [4.69, 9.17) is 10.3 Å². The summed E-state index contributed by atoms with van der Waals surface area (Å²) in [5.41, 5.74) is 7.88. The monoisotopic (exact) mass is 330 g/mol. The van der Waals surface area contributed by atoms with Crippen LogP contribution in [-0.4, -0.2) is 5.16 Å². The molecule has 0 amide bonds. The molecule has 0 atom stereocenters. The summed E-state index contributed by atoms with van der Waals surface area (Å²) in [6, 6.07) is 12.4. The first-order valence-corrected chi connectivity index (χ1v) is 7.30. The van der Waals surface area contributed by atoms with Gasteiger partial charge in [0.25, 0.3) is 0 Å². The normalized spacial score (nSPS) is 11.4. The third kappa shape index (κ3) is 2.20. The number of benzene rings is 2. The maximum atomic E-state index is 5.90. The number of rotatable bonds is 2. The number of nitrogen functional groups attached to an aromatic ring is 1. The summed E-state index contributed by atoms with van der Waals surface area (Å²) in [4.78, 5) is 0. The van der Waals surface area contributed by atoms with Crippen molar-refractivity contribution in [1.29, 1.82) is 0 Å². The maximum absolute atomic E-state index is 5.90. The third-order valence-corrected chi connectivity index (χ3v) is 3.89. The van der Waals surface area contributed by atoms with E-state index in [0.29, 0.717) is 5.82 Å². The minimum atomic E-state index is 0.275. The molecule has 102 valence electrons. The van der Waals surface area contributed by atoms with Crippen molar-refractivity contribution in [3.05, 3.63) is 46.4 Å². The zero-order chi connectivity index (χ0) is 14.3. The number of aromatic nitrogens is 1. The minimum Gasteiger partial charge on any atom is -0.381 e. The van der Waals surface area contributed by atoms with E-state index < -0.39 is 0 Å². The second kappa shape index (κ2) is 4.94. The van der Waals surface area contributed by atoms with Gasteiger partial charge >= 0.3 is 0 Å². The molecule has 0 spiro atoms. The molecule has 3 rings (SSSR count). The number of halogens is 1. The summed E-state index contributed by atoms with van der Waals surface area (Å²) < 4.78 is 6.50. The van der Waals surface area contributed by atoms with Gasteiger partial charge in [0.1, 0.15) is 0 Å². The molecular weight excluding hydrogens is 316 g/mol. The summed E-state index contributed by atoms with van der Waals surface area (Å²) >= 11 is 3.48. The van der Waals surface area contributed by atoms with Gasteiger partial charge in [-0.25, -0.2) is 0 Å². The Morgan fingerprint density at radius 2 is 1.80 bits per heavy atom. The Kier molecular flexibility index (Phi) is 3.26. The molecule has 0 aliphatic heterocycles. The number of hydrogen-bond donors (Lipinski definition) is 1. The Morgan fingerprint density at radius 1 is 1.10 bits per heavy atom. The molecule has 0 aliphatic carbocycles. The topological polar surface area (TPSA) is 52.0 Å². The molecule has 20 heavy (non-hydrogen) atoms. The van der Waals surface area contributed by atoms with Crippen LogP contribution in [0.2, 0.25) is 0 Å². The SMILES string of the molecule is CC(C)c1c(N)noc1-c1ccc2cc(Br)ccc2c1. The van der Waals surface area contributed by atoms with Crippen molar-refractivity contribution < 1.29 is 4.52 Å². The zero-order valence-corrected chi connectivity index (χ0v) is 12.9. The summed E-state index contributed by atoms with van der Waals surface area (Å²) in [7, 11) is 0. The molecule has 0 aliphatic rings. The number of nitrogens with two attached hydrogens (primary N) is 1. The largest absolute Gasteiger partial charge is 0.381 e. The maximum Gasteiger partial charge on any atom is 0.172 e. The van der Waals surface area contributed by atoms with Gasteiger partial charge in [0.05, 0.1) is 0 Å². The molecule has 0 saturated carbocycles. The van der Waals surface area contributed by atoms with Crippen molar-refractivity contribution >= 4 is 32.5 Å². The number of anilines is 1. The van der Waals surface area contributed by atoms with Crippen molar-refractivity contribution in [3.8, 4) is 11.3 Å². The molecule has 4 heteroatoms. The van der Waals surface area contributed by atoms with Gasteiger partial charge in [-0.05, 0) is 34.9 Å². The molecule has 0 fully saturated rings. The second-order valence-corrected chi connectivity index (χ2v) is 6.09. The van der Waals surface area contributed by atoms with E-state index in [1.165, 1.54) is 5.39 Å². The van der Waals surface area contributed by atoms with E-state index in [-0.39, 0.29) is 5.92 Å². The van der Waals surface area contributed by atoms with Gasteiger partial charge in [-0.3, -0.25) is 0 Å². The summed E-state index contributed by atoms with van der Waals surface area (Å²) in [5, 5.41) is 6.25. The van der Waals surface area contributed by atoms with Crippen LogP contribution in [0.4, 0.5) is 5.82 Å². The van der Waals surface area contributed by atoms with Crippen LogP contribution >= 0.6 is 15.9 Å². The van der Waals surface area contributed by atoms with E-state index in [2.05, 4.69) is 59.2 Å². The fraction of sp³-hybridized carbons (Fsp3) is 0.188. The van der Waals surface area contributed by atoms with E-state index in [1.54, 1.807) is 0 Å². The van der Waals surface area contributed by atoms with Crippen LogP contribution in [0.25, 0.3) is 22.1 Å². The molecule has 3 aromatic rings. The van der Waals surface area contributed by atoms with Gasteiger partial charge < -0.3 is 10.3 Å². The summed E-state index contributed by atoms with van der Waals surface area (Å²) in [6.45, 7) is 4.18. The Balaban J connectivity index is 2.18. The molecular formula is C16H15BrN2O. The van der Waals surface area contributed by atoms with Crippen LogP contribution in [-0.2, 0) is 0 Å². The molecule has 0 bridgehead atoms. The highest BCUT2D eigenvalue weighted by atomic mass is 79.9. The van der Waals surface area contributed by atoms with Gasteiger partial charge in [-0.1, -0.05) is 53.1 Å². The first kappa shape index (κ1) is 13.2. The Morgan fingerprint density at radius 3 is 2.55 bits per heavy atom. The zero-order valence-electron chi connectivity index (χ0n) is 11.4. The highest BCUT2D eigenvalue weighted by Gasteiger charge is 2.18. The van der Waals surface area contributed by atoms with Crippen molar-refractivity contribution in [1.82, 2.24) is 5.16 Å². The predicted molar refractivity (Wildman–Crippen MR) is 85.6 cm³/mol. The first-order valence-electron chi connectivity index (χ1n) is 6.51. The van der Waals surface area contributed by atoms with E-state index in [1.807, 2.05) is 12.1 Å². The Hall–Kier alpha value is -1.81. The molecule has 2 N–H and O–H groups in total. The van der Waals surface area contributed by atoms with Crippen LogP contribution in [0.3, 0.4) is 0 Å². The van der Waals surface area contributed by atoms with E-state index in [0.717, 1.165) is 26.7 Å². The summed E-state index contributed by atoms with van der Waals surface area (Å²) in [5.74, 6) is 1.52. The summed E-state index contributed by atoms with van der Waals surface area (Å²) in [6.07, 6.45) is 0. The van der Waals surface area contributed by atoms with Crippen LogP contribution in [0.1, 0.15) is 25.3 Å². The number of hydrogen-bond acceptors (Lipinski definition) is 3. The quantitative estimate of drug-likeness (QED) is 0.722. The standard InChI is InChI=1S/C16H15BrN2O/c1-9(2)14-15(20-19-16(14)18)12-4-3-11-8-13(17)6-5-10(11)7-12/h3-9H,1-2H3,(H2,18,19). The van der Waals surface area contributed by atoms with Crippen LogP contribution < -0.4 is 5.73 Å². The van der Waals surface area contributed by atoms with Crippen molar-refractivity contribution in [2.75, 3.05) is 5.73 Å². The highest BCUT2D eigenvalue weighted by molar-refractivity contribution is 9.10. The number of nitrogens with zero attached hydrogens (tertiary/aromatic N) is 1. The molecule has 1 aromatic heterocycles. The van der Waals surface area contributed by atoms with Gasteiger partial charge in [-0.2, -0.15) is 0 Å². The Labute approximate surface area is 125 Å². The highest BCUT2D eigenvalue weighted by Crippen LogP contribution is 2.35. The van der Waals surface area contributed by atoms with E-state index in [9.17, 15) is 0 Å². The molecule has 1 heterocycles. The van der Waals surface area contributed by atoms with Crippen molar-refractivity contribution in [2.45, 2.75) is 19.8 Å². The number of fused-ring (bicyclic) bond motifs is 1. The molecule has 0 unspecified atom stereocenters. The molecule has 3 nitrogen and oxygen atoms in total. The smallest absolute Gasteiger partial charge is 0.172 e. The molecule has 0 radical (unpaired) electrons. The fourth-order valence-electron chi connectivity index (χ4n) is 2.43. The van der Waals surface area contributed by atoms with E-state index >= 15 is 0 Å². The lowest BCUT2D eigenvalue weighted by Crippen LogP contribution is -1.95. The van der Waals surface area contributed by atoms with Crippen LogP contribution in [0.5, 0.6) is 0 Å². The van der Waals surface area contributed by atoms with Crippen molar-refractivity contribution in [2.24, 2.45) is 0 Å². The molecule has 0 saturated heterocycles. The Bertz CT molecular complexity index is 777. The second-order valence-electron chi connectivity index (χ2n) is 5.17. The third-order valence-electron chi connectivity index (χ3n) is 3.40. The lowest BCUT2D eigenvalue weighted by Gasteiger charge is -2.06. The molecule has 2 aromatic carbocycles. The van der Waals surface area contributed by atoms with Gasteiger partial charge in [0, 0.05) is 15.6 Å². The van der Waals surface area contributed by atoms with Gasteiger partial charge in [-0.15, -0.1) is 0 Å². The van der Waals surface area contributed by atoms with Gasteiger partial charge in [0.15, 0.2) is 11.6 Å². The predicted octanol–water partition coefficient (Wildman–Crippen LogP) is 4.96. The van der Waals surface area contributed by atoms with Gasteiger partial charge in [0.2, 0.25) is 0 Å². The average Bonchev–Trinajstić information content (AvgIpc) is 2.80. The van der Waals surface area contributed by atoms with Crippen LogP contribution in [0.15, 0.2) is 45.4 Å². The first-order chi connectivity index (χ1) is 9.56. The lowest BCUT2D eigenvalue weighted by atomic mass is 9.98. The minimum absolute atomic E-state index is 0.275. The van der Waals surface area contributed by atoms with Crippen molar-refractivity contribution in [3.63, 3.8) is 0 Å².